The molecule has 0 radical (unpaired) electrons. The van der Waals surface area contributed by atoms with Gasteiger partial charge in [0.15, 0.2) is 5.13 Å². The Kier molecular flexibility index (Phi) is 6.67. The summed E-state index contributed by atoms with van der Waals surface area (Å²) in [6.07, 6.45) is 0. The molecule has 0 saturated carbocycles. The molecule has 98 valence electrons. The summed E-state index contributed by atoms with van der Waals surface area (Å²) in [4.78, 5) is 16.0. The zero-order valence-corrected chi connectivity index (χ0v) is 12.2. The van der Waals surface area contributed by atoms with Crippen molar-refractivity contribution >= 4 is 34.8 Å². The van der Waals surface area contributed by atoms with Gasteiger partial charge >= 0.3 is 0 Å². The number of rotatable bonds is 4. The highest BCUT2D eigenvalue weighted by atomic mass is 35.5. The van der Waals surface area contributed by atoms with Gasteiger partial charge in [0, 0.05) is 5.38 Å². The number of thiazole rings is 1. The van der Waals surface area contributed by atoms with Gasteiger partial charge in [-0.25, -0.2) is 4.98 Å². The lowest BCUT2D eigenvalue weighted by Gasteiger charge is -2.13. The predicted molar refractivity (Wildman–Crippen MR) is 74.9 cm³/mol. The Balaban J connectivity index is 0.00000256. The first-order valence-electron chi connectivity index (χ1n) is 5.43. The number of hydrogen-bond donors (Lipinski definition) is 2. The number of halogens is 1. The zero-order valence-electron chi connectivity index (χ0n) is 10.6. The molecule has 1 aromatic rings. The zero-order chi connectivity index (χ0) is 12.3. The van der Waals surface area contributed by atoms with Gasteiger partial charge in [-0.15, -0.1) is 23.7 Å². The fraction of sp³-hybridized carbons (Fsp3) is 0.636. The van der Waals surface area contributed by atoms with E-state index in [1.807, 2.05) is 19.2 Å². The molecule has 1 atom stereocenters. The number of nitrogens with two attached hydrogens (primary N) is 1. The molecule has 0 aromatic carbocycles. The molecule has 1 amide bonds. The van der Waals surface area contributed by atoms with Crippen LogP contribution in [0, 0.1) is 5.92 Å². The third-order valence-electron chi connectivity index (χ3n) is 2.36. The summed E-state index contributed by atoms with van der Waals surface area (Å²) in [5, 5.41) is 5.33. The van der Waals surface area contributed by atoms with Gasteiger partial charge in [0.25, 0.3) is 0 Å². The highest BCUT2D eigenvalue weighted by Gasteiger charge is 2.18. The van der Waals surface area contributed by atoms with E-state index in [2.05, 4.69) is 24.1 Å². The van der Waals surface area contributed by atoms with E-state index in [-0.39, 0.29) is 24.2 Å². The van der Waals surface area contributed by atoms with Gasteiger partial charge in [-0.1, -0.05) is 27.7 Å². The van der Waals surface area contributed by atoms with Crippen LogP contribution in [0.3, 0.4) is 0 Å². The summed E-state index contributed by atoms with van der Waals surface area (Å²) in [5.74, 6) is 0.338. The molecule has 0 aliphatic heterocycles. The van der Waals surface area contributed by atoms with Gasteiger partial charge in [0.05, 0.1) is 11.7 Å². The second kappa shape index (κ2) is 6.93. The highest BCUT2D eigenvalue weighted by molar-refractivity contribution is 7.13. The maximum absolute atomic E-state index is 11.7. The molecule has 0 bridgehead atoms. The lowest BCUT2D eigenvalue weighted by Crippen LogP contribution is -2.39. The number of amides is 1. The van der Waals surface area contributed by atoms with Crippen molar-refractivity contribution in [1.82, 2.24) is 4.98 Å². The second-order valence-corrected chi connectivity index (χ2v) is 5.35. The van der Waals surface area contributed by atoms with Gasteiger partial charge in [0.1, 0.15) is 0 Å². The summed E-state index contributed by atoms with van der Waals surface area (Å²) in [7, 11) is 0. The lowest BCUT2D eigenvalue weighted by molar-refractivity contribution is -0.118. The maximum Gasteiger partial charge on any atom is 0.243 e. The van der Waals surface area contributed by atoms with E-state index in [0.717, 1.165) is 5.69 Å². The number of anilines is 1. The molecule has 0 aliphatic rings. The Morgan fingerprint density at radius 3 is 2.41 bits per heavy atom. The molecule has 6 heteroatoms. The average Bonchev–Trinajstić information content (AvgIpc) is 2.64. The van der Waals surface area contributed by atoms with E-state index in [9.17, 15) is 4.79 Å². The molecule has 17 heavy (non-hydrogen) atoms. The van der Waals surface area contributed by atoms with Crippen molar-refractivity contribution in [3.8, 4) is 0 Å². The molecular formula is C11H20ClN3OS. The van der Waals surface area contributed by atoms with Crippen LogP contribution in [0.15, 0.2) is 5.38 Å². The fourth-order valence-electron chi connectivity index (χ4n) is 1.10. The minimum Gasteiger partial charge on any atom is -0.320 e. The molecular weight excluding hydrogens is 258 g/mol. The summed E-state index contributed by atoms with van der Waals surface area (Å²) in [5.41, 5.74) is 6.74. The van der Waals surface area contributed by atoms with Crippen LogP contribution in [0.5, 0.6) is 0 Å². The van der Waals surface area contributed by atoms with Crippen LogP contribution >= 0.6 is 23.7 Å². The highest BCUT2D eigenvalue weighted by Crippen LogP contribution is 2.21. The number of nitrogens with one attached hydrogen (secondary N) is 1. The first kappa shape index (κ1) is 16.4. The van der Waals surface area contributed by atoms with Crippen LogP contribution in [-0.2, 0) is 4.79 Å². The third kappa shape index (κ3) is 4.61. The van der Waals surface area contributed by atoms with Crippen molar-refractivity contribution in [3.05, 3.63) is 11.1 Å². The van der Waals surface area contributed by atoms with E-state index in [1.54, 1.807) is 0 Å². The summed E-state index contributed by atoms with van der Waals surface area (Å²) in [6.45, 7) is 7.98. The Hall–Kier alpha value is -0.650. The topological polar surface area (TPSA) is 68.0 Å². The number of nitrogens with zero attached hydrogens (tertiary/aromatic N) is 1. The van der Waals surface area contributed by atoms with Crippen molar-refractivity contribution in [2.75, 3.05) is 5.32 Å². The molecule has 0 fully saturated rings. The largest absolute Gasteiger partial charge is 0.320 e. The van der Waals surface area contributed by atoms with E-state index in [4.69, 9.17) is 5.73 Å². The molecule has 3 N–H and O–H groups in total. The van der Waals surface area contributed by atoms with Crippen molar-refractivity contribution in [2.45, 2.75) is 39.7 Å². The average molecular weight is 278 g/mol. The van der Waals surface area contributed by atoms with Crippen molar-refractivity contribution in [2.24, 2.45) is 11.7 Å². The predicted octanol–water partition coefficient (Wildman–Crippen LogP) is 2.61. The summed E-state index contributed by atoms with van der Waals surface area (Å²) < 4.78 is 0. The number of hydrogen-bond acceptors (Lipinski definition) is 4. The maximum atomic E-state index is 11.7. The SMILES string of the molecule is CC(C)c1csc(NC(=O)[C@H](N)C(C)C)n1.Cl. The van der Waals surface area contributed by atoms with Crippen molar-refractivity contribution in [3.63, 3.8) is 0 Å². The van der Waals surface area contributed by atoms with Crippen LogP contribution in [0.25, 0.3) is 0 Å². The van der Waals surface area contributed by atoms with E-state index < -0.39 is 6.04 Å². The fourth-order valence-corrected chi connectivity index (χ4v) is 1.98. The number of carbonyl (C=O) groups is 1. The monoisotopic (exact) mass is 277 g/mol. The Labute approximate surface area is 112 Å². The molecule has 0 unspecified atom stereocenters. The van der Waals surface area contributed by atoms with Gasteiger partial charge in [-0.05, 0) is 11.8 Å². The smallest absolute Gasteiger partial charge is 0.243 e. The van der Waals surface area contributed by atoms with E-state index >= 15 is 0 Å². The Morgan fingerprint density at radius 2 is 2.00 bits per heavy atom. The van der Waals surface area contributed by atoms with E-state index in [0.29, 0.717) is 11.0 Å². The molecule has 1 rings (SSSR count). The number of aromatic nitrogens is 1. The molecule has 0 saturated heterocycles. The van der Waals surface area contributed by atoms with Crippen LogP contribution in [0.1, 0.15) is 39.3 Å². The Morgan fingerprint density at radius 1 is 1.41 bits per heavy atom. The quantitative estimate of drug-likeness (QED) is 0.889. The van der Waals surface area contributed by atoms with E-state index in [1.165, 1.54) is 11.3 Å². The molecule has 0 spiro atoms. The van der Waals surface area contributed by atoms with Crippen molar-refractivity contribution in [1.29, 1.82) is 0 Å². The van der Waals surface area contributed by atoms with Crippen LogP contribution < -0.4 is 11.1 Å². The summed E-state index contributed by atoms with van der Waals surface area (Å²) >= 11 is 1.44. The first-order chi connectivity index (χ1) is 7.41. The van der Waals surface area contributed by atoms with Crippen LogP contribution in [-0.4, -0.2) is 16.9 Å². The third-order valence-corrected chi connectivity index (χ3v) is 3.14. The number of carbonyl (C=O) groups excluding carboxylic acids is 1. The molecule has 1 aromatic heterocycles. The van der Waals surface area contributed by atoms with Crippen molar-refractivity contribution < 1.29 is 4.79 Å². The first-order valence-corrected chi connectivity index (χ1v) is 6.31. The molecule has 0 aliphatic carbocycles. The van der Waals surface area contributed by atoms with Crippen LogP contribution in [0.4, 0.5) is 5.13 Å². The standard InChI is InChI=1S/C11H19N3OS.ClH/c1-6(2)8-5-16-11(13-8)14-10(15)9(12)7(3)4;/h5-7,9H,12H2,1-4H3,(H,13,14,15);1H/t9-;/m1./s1. The Bertz CT molecular complexity index is 365. The van der Waals surface area contributed by atoms with Crippen LogP contribution in [0.2, 0.25) is 0 Å². The van der Waals surface area contributed by atoms with Gasteiger partial charge < -0.3 is 11.1 Å². The molecule has 4 nitrogen and oxygen atoms in total. The second-order valence-electron chi connectivity index (χ2n) is 4.49. The normalized spacial score (nSPS) is 12.4. The molecule has 1 heterocycles. The minimum atomic E-state index is -0.480. The van der Waals surface area contributed by atoms with Gasteiger partial charge in [0.2, 0.25) is 5.91 Å². The summed E-state index contributed by atoms with van der Waals surface area (Å²) in [6, 6.07) is -0.480. The lowest BCUT2D eigenvalue weighted by atomic mass is 10.1. The van der Waals surface area contributed by atoms with Gasteiger partial charge in [-0.3, -0.25) is 4.79 Å². The minimum absolute atomic E-state index is 0. The van der Waals surface area contributed by atoms with Gasteiger partial charge in [-0.2, -0.15) is 0 Å².